The molecule has 0 bridgehead atoms. The molecule has 0 radical (unpaired) electrons. The van der Waals surface area contributed by atoms with Crippen LogP contribution in [0.5, 0.6) is 0 Å². The SMILES string of the molecule is CCNc1ccc(C(=O)NCCc2ncon2)cn1. The zero-order chi connectivity index (χ0) is 13.5. The van der Waals surface area contributed by atoms with Gasteiger partial charge in [0.15, 0.2) is 5.82 Å². The van der Waals surface area contributed by atoms with Crippen molar-refractivity contribution in [1.82, 2.24) is 20.4 Å². The third kappa shape index (κ3) is 3.77. The summed E-state index contributed by atoms with van der Waals surface area (Å²) >= 11 is 0. The Bertz CT molecular complexity index is 509. The van der Waals surface area contributed by atoms with Crippen LogP contribution in [0.2, 0.25) is 0 Å². The van der Waals surface area contributed by atoms with Gasteiger partial charge in [0.05, 0.1) is 5.56 Å². The van der Waals surface area contributed by atoms with Gasteiger partial charge in [-0.2, -0.15) is 4.98 Å². The lowest BCUT2D eigenvalue weighted by molar-refractivity contribution is 0.0953. The van der Waals surface area contributed by atoms with Crippen LogP contribution in [0.25, 0.3) is 0 Å². The summed E-state index contributed by atoms with van der Waals surface area (Å²) in [6.07, 6.45) is 3.34. The van der Waals surface area contributed by atoms with Crippen LogP contribution in [0.15, 0.2) is 29.2 Å². The van der Waals surface area contributed by atoms with Gasteiger partial charge in [0.1, 0.15) is 5.82 Å². The first-order chi connectivity index (χ1) is 9.29. The fraction of sp³-hybridized carbons (Fsp3) is 0.333. The standard InChI is InChI=1S/C12H15N5O2/c1-2-13-10-4-3-9(7-15-10)12(18)14-6-5-11-16-8-19-17-11/h3-4,7-8H,2,5-6H2,1H3,(H,13,15)(H,14,18). The minimum Gasteiger partial charge on any atom is -0.370 e. The van der Waals surface area contributed by atoms with E-state index in [0.29, 0.717) is 24.4 Å². The van der Waals surface area contributed by atoms with E-state index in [9.17, 15) is 4.79 Å². The molecule has 0 saturated heterocycles. The first kappa shape index (κ1) is 13.0. The fourth-order valence-electron chi connectivity index (χ4n) is 1.51. The molecule has 0 spiro atoms. The van der Waals surface area contributed by atoms with Gasteiger partial charge in [0.2, 0.25) is 6.39 Å². The molecule has 1 amide bonds. The van der Waals surface area contributed by atoms with Crippen LogP contribution in [0.3, 0.4) is 0 Å². The Labute approximate surface area is 110 Å². The molecule has 0 aliphatic heterocycles. The second kappa shape index (κ2) is 6.48. The Morgan fingerprint density at radius 3 is 2.89 bits per heavy atom. The maximum absolute atomic E-state index is 11.8. The van der Waals surface area contributed by atoms with Crippen molar-refractivity contribution in [2.75, 3.05) is 18.4 Å². The molecule has 2 N–H and O–H groups in total. The lowest BCUT2D eigenvalue weighted by Gasteiger charge is -2.05. The van der Waals surface area contributed by atoms with Crippen molar-refractivity contribution in [3.05, 3.63) is 36.1 Å². The number of carbonyl (C=O) groups is 1. The summed E-state index contributed by atoms with van der Waals surface area (Å²) in [4.78, 5) is 19.8. The zero-order valence-corrected chi connectivity index (χ0v) is 10.6. The van der Waals surface area contributed by atoms with Crippen molar-refractivity contribution in [3.8, 4) is 0 Å². The maximum Gasteiger partial charge on any atom is 0.252 e. The summed E-state index contributed by atoms with van der Waals surface area (Å²) in [5.41, 5.74) is 0.523. The van der Waals surface area contributed by atoms with Gasteiger partial charge in [-0.15, -0.1) is 0 Å². The predicted octanol–water partition coefficient (Wildman–Crippen LogP) is 0.869. The van der Waals surface area contributed by atoms with Gasteiger partial charge in [-0.3, -0.25) is 4.79 Å². The molecular weight excluding hydrogens is 246 g/mol. The van der Waals surface area contributed by atoms with Crippen molar-refractivity contribution < 1.29 is 9.32 Å². The van der Waals surface area contributed by atoms with Gasteiger partial charge in [-0.05, 0) is 19.1 Å². The van der Waals surface area contributed by atoms with Gasteiger partial charge in [-0.1, -0.05) is 5.16 Å². The summed E-state index contributed by atoms with van der Waals surface area (Å²) in [5.74, 6) is 1.16. The first-order valence-electron chi connectivity index (χ1n) is 6.03. The summed E-state index contributed by atoms with van der Waals surface area (Å²) in [6.45, 7) is 3.23. The molecule has 2 rings (SSSR count). The molecule has 0 atom stereocenters. The van der Waals surface area contributed by atoms with E-state index in [1.54, 1.807) is 18.3 Å². The largest absolute Gasteiger partial charge is 0.370 e. The number of nitrogens with one attached hydrogen (secondary N) is 2. The summed E-state index contributed by atoms with van der Waals surface area (Å²) in [5, 5.41) is 9.49. The zero-order valence-electron chi connectivity index (χ0n) is 10.6. The summed E-state index contributed by atoms with van der Waals surface area (Å²) < 4.78 is 4.60. The molecule has 100 valence electrons. The minimum absolute atomic E-state index is 0.168. The van der Waals surface area contributed by atoms with Crippen LogP contribution < -0.4 is 10.6 Å². The molecule has 0 saturated carbocycles. The van der Waals surface area contributed by atoms with Crippen LogP contribution >= 0.6 is 0 Å². The topological polar surface area (TPSA) is 92.9 Å². The Balaban J connectivity index is 1.82. The Hall–Kier alpha value is -2.44. The van der Waals surface area contributed by atoms with Gasteiger partial charge >= 0.3 is 0 Å². The van der Waals surface area contributed by atoms with Crippen LogP contribution in [0.1, 0.15) is 23.1 Å². The molecule has 19 heavy (non-hydrogen) atoms. The molecule has 0 unspecified atom stereocenters. The number of carbonyl (C=O) groups excluding carboxylic acids is 1. The number of aromatic nitrogens is 3. The molecule has 0 aliphatic carbocycles. The van der Waals surface area contributed by atoms with Gasteiger partial charge in [0.25, 0.3) is 5.91 Å². The molecule has 2 aromatic rings. The van der Waals surface area contributed by atoms with E-state index in [0.717, 1.165) is 12.4 Å². The Kier molecular flexibility index (Phi) is 4.44. The van der Waals surface area contributed by atoms with Crippen LogP contribution in [0.4, 0.5) is 5.82 Å². The highest BCUT2D eigenvalue weighted by atomic mass is 16.5. The highest BCUT2D eigenvalue weighted by Crippen LogP contribution is 2.04. The minimum atomic E-state index is -0.168. The number of amides is 1. The number of hydrogen-bond donors (Lipinski definition) is 2. The lowest BCUT2D eigenvalue weighted by Crippen LogP contribution is -2.26. The number of anilines is 1. The number of nitrogens with zero attached hydrogens (tertiary/aromatic N) is 3. The molecule has 0 fully saturated rings. The van der Waals surface area contributed by atoms with Gasteiger partial charge in [0, 0.05) is 25.7 Å². The smallest absolute Gasteiger partial charge is 0.252 e. The highest BCUT2D eigenvalue weighted by Gasteiger charge is 2.06. The van der Waals surface area contributed by atoms with Crippen LogP contribution in [-0.4, -0.2) is 34.1 Å². The monoisotopic (exact) mass is 261 g/mol. The van der Waals surface area contributed by atoms with E-state index in [-0.39, 0.29) is 5.91 Å². The molecule has 7 nitrogen and oxygen atoms in total. The van der Waals surface area contributed by atoms with Crippen molar-refractivity contribution in [1.29, 1.82) is 0 Å². The van der Waals surface area contributed by atoms with E-state index in [2.05, 4.69) is 30.3 Å². The van der Waals surface area contributed by atoms with E-state index in [1.165, 1.54) is 6.39 Å². The molecular formula is C12H15N5O2. The second-order valence-corrected chi connectivity index (χ2v) is 3.82. The van der Waals surface area contributed by atoms with E-state index in [4.69, 9.17) is 0 Å². The highest BCUT2D eigenvalue weighted by molar-refractivity contribution is 5.94. The van der Waals surface area contributed by atoms with Crippen LogP contribution in [-0.2, 0) is 6.42 Å². The third-order valence-electron chi connectivity index (χ3n) is 2.42. The Morgan fingerprint density at radius 2 is 2.26 bits per heavy atom. The first-order valence-corrected chi connectivity index (χ1v) is 6.03. The van der Waals surface area contributed by atoms with Gasteiger partial charge < -0.3 is 15.2 Å². The molecule has 2 aromatic heterocycles. The molecule has 2 heterocycles. The van der Waals surface area contributed by atoms with E-state index < -0.39 is 0 Å². The van der Waals surface area contributed by atoms with E-state index in [1.807, 2.05) is 6.92 Å². The number of hydrogen-bond acceptors (Lipinski definition) is 6. The average molecular weight is 261 g/mol. The molecule has 0 aromatic carbocycles. The van der Waals surface area contributed by atoms with Crippen molar-refractivity contribution >= 4 is 11.7 Å². The van der Waals surface area contributed by atoms with Crippen molar-refractivity contribution in [3.63, 3.8) is 0 Å². The molecule has 0 aliphatic rings. The lowest BCUT2D eigenvalue weighted by atomic mass is 10.2. The second-order valence-electron chi connectivity index (χ2n) is 3.82. The fourth-order valence-corrected chi connectivity index (χ4v) is 1.51. The summed E-state index contributed by atoms with van der Waals surface area (Å²) in [7, 11) is 0. The third-order valence-corrected chi connectivity index (χ3v) is 2.42. The van der Waals surface area contributed by atoms with Crippen molar-refractivity contribution in [2.24, 2.45) is 0 Å². The normalized spacial score (nSPS) is 10.2. The van der Waals surface area contributed by atoms with Crippen LogP contribution in [0, 0.1) is 0 Å². The quantitative estimate of drug-likeness (QED) is 0.801. The predicted molar refractivity (Wildman–Crippen MR) is 68.7 cm³/mol. The van der Waals surface area contributed by atoms with Crippen molar-refractivity contribution in [2.45, 2.75) is 13.3 Å². The maximum atomic E-state index is 11.8. The van der Waals surface area contributed by atoms with Gasteiger partial charge in [-0.25, -0.2) is 4.98 Å². The number of pyridine rings is 1. The van der Waals surface area contributed by atoms with E-state index >= 15 is 0 Å². The summed E-state index contributed by atoms with van der Waals surface area (Å²) in [6, 6.07) is 3.51. The molecule has 7 heteroatoms. The number of rotatable bonds is 6. The Morgan fingerprint density at radius 1 is 1.37 bits per heavy atom. The average Bonchev–Trinajstić information content (AvgIpc) is 2.93.